The van der Waals surface area contributed by atoms with Crippen molar-refractivity contribution in [2.24, 2.45) is 0 Å². The Morgan fingerprint density at radius 2 is 2.17 bits per heavy atom. The summed E-state index contributed by atoms with van der Waals surface area (Å²) in [5.41, 5.74) is 1.38. The van der Waals surface area contributed by atoms with Gasteiger partial charge < -0.3 is 9.47 Å². The Bertz CT molecular complexity index is 502. The van der Waals surface area contributed by atoms with E-state index in [1.165, 1.54) is 0 Å². The zero-order valence-electron chi connectivity index (χ0n) is 10.1. The van der Waals surface area contributed by atoms with E-state index >= 15 is 0 Å². The Kier molecular flexibility index (Phi) is 3.77. The molecule has 18 heavy (non-hydrogen) atoms. The van der Waals surface area contributed by atoms with Crippen LogP contribution in [0.15, 0.2) is 29.8 Å². The van der Waals surface area contributed by atoms with Gasteiger partial charge in [-0.2, -0.15) is 0 Å². The fourth-order valence-electron chi connectivity index (χ4n) is 1.75. The summed E-state index contributed by atoms with van der Waals surface area (Å²) < 4.78 is 9.95. The van der Waals surface area contributed by atoms with Crippen LogP contribution in [0.4, 0.5) is 0 Å². The lowest BCUT2D eigenvalue weighted by atomic mass is 10.0. The van der Waals surface area contributed by atoms with Crippen molar-refractivity contribution in [2.45, 2.75) is 19.8 Å². The first-order valence-corrected chi connectivity index (χ1v) is 5.87. The number of rotatable bonds is 3. The van der Waals surface area contributed by atoms with Crippen molar-refractivity contribution in [3.05, 3.63) is 35.4 Å². The Labute approximate surface area is 105 Å². The van der Waals surface area contributed by atoms with Gasteiger partial charge in [-0.25, -0.2) is 4.79 Å². The van der Waals surface area contributed by atoms with E-state index in [4.69, 9.17) is 4.74 Å². The molecule has 1 aliphatic rings. The second kappa shape index (κ2) is 5.49. The molecule has 1 fully saturated rings. The number of hydrogen-bond acceptors (Lipinski definition) is 4. The highest BCUT2D eigenvalue weighted by molar-refractivity contribution is 6.02. The molecule has 0 aromatic heterocycles. The van der Waals surface area contributed by atoms with E-state index in [0.717, 1.165) is 11.3 Å². The van der Waals surface area contributed by atoms with Crippen LogP contribution in [0.25, 0.3) is 6.08 Å². The van der Waals surface area contributed by atoms with Crippen LogP contribution < -0.4 is 4.74 Å². The lowest BCUT2D eigenvalue weighted by molar-refractivity contribution is -0.159. The minimum absolute atomic E-state index is 0.253. The summed E-state index contributed by atoms with van der Waals surface area (Å²) in [4.78, 5) is 22.4. The van der Waals surface area contributed by atoms with E-state index in [0.29, 0.717) is 18.6 Å². The number of carbonyl (C=O) groups excluding carboxylic acids is 2. The SMILES string of the molecule is CCOc1cccc(/C=C2\CCC(=O)OC2=O)c1. The first-order valence-electron chi connectivity index (χ1n) is 5.87. The van der Waals surface area contributed by atoms with Crippen molar-refractivity contribution in [2.75, 3.05) is 6.61 Å². The average molecular weight is 246 g/mol. The summed E-state index contributed by atoms with van der Waals surface area (Å²) in [6.07, 6.45) is 2.41. The van der Waals surface area contributed by atoms with Crippen LogP contribution in [0.5, 0.6) is 5.75 Å². The third kappa shape index (κ3) is 2.97. The number of cyclic esters (lactones) is 2. The Hall–Kier alpha value is -2.10. The van der Waals surface area contributed by atoms with E-state index in [1.54, 1.807) is 6.08 Å². The second-order valence-electron chi connectivity index (χ2n) is 3.94. The van der Waals surface area contributed by atoms with Gasteiger partial charge in [0.05, 0.1) is 13.0 Å². The standard InChI is InChI=1S/C14H14O4/c1-2-17-12-5-3-4-10(9-12)8-11-6-7-13(15)18-14(11)16/h3-5,8-9H,2,6-7H2,1H3/b11-8+. The Morgan fingerprint density at radius 3 is 2.89 bits per heavy atom. The summed E-state index contributed by atoms with van der Waals surface area (Å²) in [6, 6.07) is 7.43. The number of carbonyl (C=O) groups is 2. The molecule has 0 amide bonds. The molecule has 0 saturated carbocycles. The van der Waals surface area contributed by atoms with Gasteiger partial charge in [0.25, 0.3) is 0 Å². The minimum Gasteiger partial charge on any atom is -0.494 e. The van der Waals surface area contributed by atoms with Gasteiger partial charge in [0.1, 0.15) is 5.75 Å². The van der Waals surface area contributed by atoms with Crippen LogP contribution in [-0.2, 0) is 14.3 Å². The molecule has 1 aliphatic heterocycles. The fraction of sp³-hybridized carbons (Fsp3) is 0.286. The van der Waals surface area contributed by atoms with Gasteiger partial charge in [-0.1, -0.05) is 12.1 Å². The molecule has 1 saturated heterocycles. The number of ether oxygens (including phenoxy) is 2. The van der Waals surface area contributed by atoms with Crippen LogP contribution in [0.2, 0.25) is 0 Å². The molecule has 0 atom stereocenters. The lowest BCUT2D eigenvalue weighted by Crippen LogP contribution is -2.20. The molecule has 1 aromatic rings. The fourth-order valence-corrected chi connectivity index (χ4v) is 1.75. The van der Waals surface area contributed by atoms with Crippen molar-refractivity contribution in [3.63, 3.8) is 0 Å². The highest BCUT2D eigenvalue weighted by Crippen LogP contribution is 2.21. The van der Waals surface area contributed by atoms with Crippen molar-refractivity contribution < 1.29 is 19.1 Å². The van der Waals surface area contributed by atoms with Gasteiger partial charge in [-0.3, -0.25) is 4.79 Å². The van der Waals surface area contributed by atoms with Gasteiger partial charge in [0.15, 0.2) is 0 Å². The Morgan fingerprint density at radius 1 is 1.33 bits per heavy atom. The molecule has 2 rings (SSSR count). The minimum atomic E-state index is -0.548. The molecule has 94 valence electrons. The molecular formula is C14H14O4. The summed E-state index contributed by atoms with van der Waals surface area (Å²) in [5.74, 6) is -0.250. The van der Waals surface area contributed by atoms with Gasteiger partial charge in [-0.05, 0) is 37.1 Å². The van der Waals surface area contributed by atoms with Crippen LogP contribution in [0.3, 0.4) is 0 Å². The molecule has 0 bridgehead atoms. The van der Waals surface area contributed by atoms with E-state index in [1.807, 2.05) is 31.2 Å². The second-order valence-corrected chi connectivity index (χ2v) is 3.94. The molecule has 0 unspecified atom stereocenters. The highest BCUT2D eigenvalue weighted by Gasteiger charge is 2.22. The maximum Gasteiger partial charge on any atom is 0.341 e. The molecule has 0 radical (unpaired) electrons. The maximum absolute atomic E-state index is 11.5. The zero-order chi connectivity index (χ0) is 13.0. The predicted octanol–water partition coefficient (Wildman–Crippen LogP) is 2.33. The molecular weight excluding hydrogens is 232 g/mol. The summed E-state index contributed by atoms with van der Waals surface area (Å²) in [6.45, 7) is 2.51. The zero-order valence-corrected chi connectivity index (χ0v) is 10.1. The highest BCUT2D eigenvalue weighted by atomic mass is 16.6. The van der Waals surface area contributed by atoms with Crippen molar-refractivity contribution in [3.8, 4) is 5.75 Å². The quantitative estimate of drug-likeness (QED) is 0.466. The molecule has 1 heterocycles. The van der Waals surface area contributed by atoms with Crippen molar-refractivity contribution in [1.29, 1.82) is 0 Å². The third-order valence-corrected chi connectivity index (χ3v) is 2.58. The van der Waals surface area contributed by atoms with Gasteiger partial charge in [0.2, 0.25) is 0 Å². The first kappa shape index (κ1) is 12.4. The molecule has 0 aliphatic carbocycles. The van der Waals surface area contributed by atoms with E-state index in [-0.39, 0.29) is 6.42 Å². The first-order chi connectivity index (χ1) is 8.69. The molecule has 4 heteroatoms. The Balaban J connectivity index is 2.19. The lowest BCUT2D eigenvalue weighted by Gasteiger charge is -2.12. The van der Waals surface area contributed by atoms with Crippen LogP contribution >= 0.6 is 0 Å². The van der Waals surface area contributed by atoms with Gasteiger partial charge in [0, 0.05) is 5.57 Å². The van der Waals surface area contributed by atoms with Crippen LogP contribution in [0.1, 0.15) is 25.3 Å². The molecule has 0 spiro atoms. The molecule has 4 nitrogen and oxygen atoms in total. The maximum atomic E-state index is 11.5. The largest absolute Gasteiger partial charge is 0.494 e. The molecule has 0 N–H and O–H groups in total. The number of esters is 2. The summed E-state index contributed by atoms with van der Waals surface area (Å²) in [7, 11) is 0. The topological polar surface area (TPSA) is 52.6 Å². The average Bonchev–Trinajstić information content (AvgIpc) is 2.34. The van der Waals surface area contributed by atoms with Crippen molar-refractivity contribution >= 4 is 18.0 Å². The van der Waals surface area contributed by atoms with Crippen LogP contribution in [0, 0.1) is 0 Å². The monoisotopic (exact) mass is 246 g/mol. The van der Waals surface area contributed by atoms with Crippen LogP contribution in [-0.4, -0.2) is 18.5 Å². The number of hydrogen-bond donors (Lipinski definition) is 0. The summed E-state index contributed by atoms with van der Waals surface area (Å²) >= 11 is 0. The van der Waals surface area contributed by atoms with E-state index < -0.39 is 11.9 Å². The van der Waals surface area contributed by atoms with E-state index in [2.05, 4.69) is 4.74 Å². The predicted molar refractivity (Wildman–Crippen MR) is 65.9 cm³/mol. The van der Waals surface area contributed by atoms with Gasteiger partial charge in [-0.15, -0.1) is 0 Å². The number of benzene rings is 1. The van der Waals surface area contributed by atoms with Gasteiger partial charge >= 0.3 is 11.9 Å². The van der Waals surface area contributed by atoms with E-state index in [9.17, 15) is 9.59 Å². The normalized spacial score (nSPS) is 17.7. The third-order valence-electron chi connectivity index (χ3n) is 2.58. The smallest absolute Gasteiger partial charge is 0.341 e. The van der Waals surface area contributed by atoms with Crippen molar-refractivity contribution in [1.82, 2.24) is 0 Å². The summed E-state index contributed by atoms with van der Waals surface area (Å²) in [5, 5.41) is 0. The molecule has 1 aromatic carbocycles.